The van der Waals surface area contributed by atoms with Gasteiger partial charge in [0.15, 0.2) is 5.82 Å². The maximum absolute atomic E-state index is 13.0. The molecule has 4 heterocycles. The molecule has 13 heteroatoms. The molecule has 3 aliphatic rings. The van der Waals surface area contributed by atoms with Crippen molar-refractivity contribution < 1.29 is 22.8 Å². The Morgan fingerprint density at radius 2 is 1.57 bits per heavy atom. The predicted octanol–water partition coefficient (Wildman–Crippen LogP) is 2.83. The van der Waals surface area contributed by atoms with Gasteiger partial charge >= 0.3 is 6.18 Å². The number of hydrogen-bond acceptors (Lipinski definition) is 8. The third-order valence-corrected chi connectivity index (χ3v) is 8.32. The fraction of sp³-hybridized carbons (Fsp3) is 0.517. The van der Waals surface area contributed by atoms with Crippen LogP contribution in [0.1, 0.15) is 30.5 Å². The van der Waals surface area contributed by atoms with Gasteiger partial charge in [-0.2, -0.15) is 13.2 Å². The average molecular weight is 585 g/mol. The number of halogens is 3. The summed E-state index contributed by atoms with van der Waals surface area (Å²) in [5.41, 5.74) is 2.26. The fourth-order valence-corrected chi connectivity index (χ4v) is 5.66. The van der Waals surface area contributed by atoms with Gasteiger partial charge in [-0.3, -0.25) is 19.6 Å². The van der Waals surface area contributed by atoms with Crippen molar-refractivity contribution in [3.05, 3.63) is 41.0 Å². The number of carbonyl (C=O) groups is 2. The van der Waals surface area contributed by atoms with Crippen molar-refractivity contribution in [2.75, 3.05) is 57.3 Å². The van der Waals surface area contributed by atoms with Crippen LogP contribution in [0.5, 0.6) is 0 Å². The van der Waals surface area contributed by atoms with E-state index in [9.17, 15) is 22.8 Å². The number of rotatable bonds is 3. The summed E-state index contributed by atoms with van der Waals surface area (Å²) in [6, 6.07) is 4.53. The molecular formula is C29H35F3N8O2. The first-order valence-corrected chi connectivity index (χ1v) is 14.1. The van der Waals surface area contributed by atoms with E-state index in [-0.39, 0.29) is 17.9 Å². The van der Waals surface area contributed by atoms with Crippen LogP contribution in [0, 0.1) is 13.8 Å². The minimum Gasteiger partial charge on any atom is -0.351 e. The van der Waals surface area contributed by atoms with E-state index in [1.54, 1.807) is 16.0 Å². The van der Waals surface area contributed by atoms with Gasteiger partial charge in [0.25, 0.3) is 0 Å². The van der Waals surface area contributed by atoms with Gasteiger partial charge in [0.05, 0.1) is 24.0 Å². The van der Waals surface area contributed by atoms with E-state index in [1.807, 2.05) is 13.8 Å². The number of hydrogen-bond donors (Lipinski definition) is 0. The van der Waals surface area contributed by atoms with Gasteiger partial charge in [0.1, 0.15) is 11.9 Å². The van der Waals surface area contributed by atoms with Crippen molar-refractivity contribution in [1.82, 2.24) is 24.9 Å². The zero-order valence-corrected chi connectivity index (χ0v) is 24.2. The SMILES string of the molecule is CC(=O)N1CCN(C(=O)C2CN=C(N3CCN(c4nnc(-c5ccc(C(F)(F)F)cc5)c(C)c4C)CC3C)C=N2)CC1. The first-order chi connectivity index (χ1) is 19.9. The van der Waals surface area contributed by atoms with Gasteiger partial charge in [-0.25, -0.2) is 0 Å². The van der Waals surface area contributed by atoms with Gasteiger partial charge in [-0.05, 0) is 44.0 Å². The average Bonchev–Trinajstić information content (AvgIpc) is 2.98. The van der Waals surface area contributed by atoms with E-state index in [4.69, 9.17) is 4.99 Å². The highest BCUT2D eigenvalue weighted by Crippen LogP contribution is 2.33. The van der Waals surface area contributed by atoms with Crippen LogP contribution in [0.2, 0.25) is 0 Å². The van der Waals surface area contributed by atoms with E-state index in [1.165, 1.54) is 19.1 Å². The van der Waals surface area contributed by atoms with Crippen LogP contribution in [0.15, 0.2) is 34.3 Å². The highest BCUT2D eigenvalue weighted by Gasteiger charge is 2.33. The summed E-state index contributed by atoms with van der Waals surface area (Å²) in [4.78, 5) is 41.6. The number of amidine groups is 1. The highest BCUT2D eigenvalue weighted by atomic mass is 19.4. The van der Waals surface area contributed by atoms with Crippen molar-refractivity contribution in [1.29, 1.82) is 0 Å². The summed E-state index contributed by atoms with van der Waals surface area (Å²) < 4.78 is 38.9. The number of amides is 2. The Kier molecular flexibility index (Phi) is 8.20. The van der Waals surface area contributed by atoms with Gasteiger partial charge in [0, 0.05) is 64.3 Å². The minimum absolute atomic E-state index is 0.0220. The molecule has 10 nitrogen and oxygen atoms in total. The van der Waals surface area contributed by atoms with Gasteiger partial charge in [-0.15, -0.1) is 10.2 Å². The van der Waals surface area contributed by atoms with E-state index in [0.717, 1.165) is 34.9 Å². The minimum atomic E-state index is -4.39. The lowest BCUT2D eigenvalue weighted by Crippen LogP contribution is -2.56. The number of carbonyl (C=O) groups excluding carboxylic acids is 2. The molecule has 0 aliphatic carbocycles. The molecule has 2 aromatic rings. The Morgan fingerprint density at radius 3 is 2.14 bits per heavy atom. The highest BCUT2D eigenvalue weighted by molar-refractivity contribution is 6.30. The Morgan fingerprint density at radius 1 is 0.905 bits per heavy atom. The van der Waals surface area contributed by atoms with Crippen molar-refractivity contribution in [2.45, 2.75) is 46.0 Å². The maximum atomic E-state index is 13.0. The molecule has 2 saturated heterocycles. The van der Waals surface area contributed by atoms with Crippen LogP contribution in [-0.4, -0.2) is 113 Å². The summed E-state index contributed by atoms with van der Waals surface area (Å²) >= 11 is 0. The summed E-state index contributed by atoms with van der Waals surface area (Å²) in [5.74, 6) is 1.47. The number of piperazine rings is 2. The largest absolute Gasteiger partial charge is 0.416 e. The Hall–Kier alpha value is -4.03. The lowest BCUT2D eigenvalue weighted by Gasteiger charge is -2.42. The van der Waals surface area contributed by atoms with Crippen molar-refractivity contribution >= 4 is 29.7 Å². The van der Waals surface area contributed by atoms with Gasteiger partial charge in [-0.1, -0.05) is 12.1 Å². The molecule has 2 fully saturated rings. The normalized spacial score (nSPS) is 21.5. The first-order valence-electron chi connectivity index (χ1n) is 14.1. The first kappa shape index (κ1) is 29.5. The molecule has 2 unspecified atom stereocenters. The van der Waals surface area contributed by atoms with E-state index >= 15 is 0 Å². The zero-order valence-electron chi connectivity index (χ0n) is 24.2. The van der Waals surface area contributed by atoms with Crippen LogP contribution in [0.4, 0.5) is 19.0 Å². The monoisotopic (exact) mass is 584 g/mol. The van der Waals surface area contributed by atoms with Crippen molar-refractivity contribution in [3.63, 3.8) is 0 Å². The number of benzene rings is 1. The van der Waals surface area contributed by atoms with E-state index in [0.29, 0.717) is 63.6 Å². The molecular weight excluding hydrogens is 549 g/mol. The quantitative estimate of drug-likeness (QED) is 0.551. The topological polar surface area (TPSA) is 97.6 Å². The Balaban J connectivity index is 1.20. The third-order valence-electron chi connectivity index (χ3n) is 8.32. The smallest absolute Gasteiger partial charge is 0.351 e. The molecule has 0 spiro atoms. The summed E-state index contributed by atoms with van der Waals surface area (Å²) in [5, 5.41) is 8.88. The lowest BCUT2D eigenvalue weighted by molar-refractivity contribution is -0.139. The second-order valence-corrected chi connectivity index (χ2v) is 11.0. The second kappa shape index (κ2) is 11.7. The maximum Gasteiger partial charge on any atom is 0.416 e. The summed E-state index contributed by atoms with van der Waals surface area (Å²) in [7, 11) is 0. The zero-order chi connectivity index (χ0) is 30.2. The van der Waals surface area contributed by atoms with Gasteiger partial charge in [0.2, 0.25) is 11.8 Å². The predicted molar refractivity (Wildman–Crippen MR) is 154 cm³/mol. The second-order valence-electron chi connectivity index (χ2n) is 11.0. The number of anilines is 1. The molecule has 0 saturated carbocycles. The molecule has 1 aromatic carbocycles. The van der Waals surface area contributed by atoms with Gasteiger partial charge < -0.3 is 19.6 Å². The van der Waals surface area contributed by atoms with E-state index in [2.05, 4.69) is 31.9 Å². The number of alkyl halides is 3. The van der Waals surface area contributed by atoms with Crippen LogP contribution in [0.25, 0.3) is 11.3 Å². The van der Waals surface area contributed by atoms with Crippen LogP contribution in [0.3, 0.4) is 0 Å². The van der Waals surface area contributed by atoms with Crippen LogP contribution < -0.4 is 4.90 Å². The van der Waals surface area contributed by atoms with Crippen LogP contribution in [-0.2, 0) is 15.8 Å². The number of aromatic nitrogens is 2. The lowest BCUT2D eigenvalue weighted by atomic mass is 10.0. The Bertz CT molecular complexity index is 1400. The number of aliphatic imine (C=N–C) groups is 2. The summed E-state index contributed by atoms with van der Waals surface area (Å²) in [6.45, 7) is 11.9. The van der Waals surface area contributed by atoms with Crippen LogP contribution >= 0.6 is 0 Å². The standard InChI is InChI=1S/C29H35F3N8O2/c1-18-17-39(27-20(3)19(2)26(35-36-27)22-5-7-23(8-6-22)29(30,31)32)13-14-40(18)25-16-33-24(15-34-25)28(42)38-11-9-37(10-12-38)21(4)41/h5-8,16,18,24H,9-15,17H2,1-4H3. The van der Waals surface area contributed by atoms with E-state index < -0.39 is 17.8 Å². The molecule has 2 atom stereocenters. The molecule has 42 heavy (non-hydrogen) atoms. The fourth-order valence-electron chi connectivity index (χ4n) is 5.66. The molecule has 5 rings (SSSR count). The van der Waals surface area contributed by atoms with Crippen molar-refractivity contribution in [2.24, 2.45) is 9.98 Å². The molecule has 1 aromatic heterocycles. The third kappa shape index (κ3) is 5.95. The Labute approximate surface area is 242 Å². The molecule has 0 radical (unpaired) electrons. The number of nitrogens with zero attached hydrogens (tertiary/aromatic N) is 8. The molecule has 3 aliphatic heterocycles. The molecule has 0 N–H and O–H groups in total. The van der Waals surface area contributed by atoms with Crippen molar-refractivity contribution in [3.8, 4) is 11.3 Å². The molecule has 2 amide bonds. The molecule has 0 bridgehead atoms. The summed E-state index contributed by atoms with van der Waals surface area (Å²) in [6.07, 6.45) is -2.70. The molecule has 224 valence electrons.